The largest absolute Gasteiger partial charge is 0.493 e. The van der Waals surface area contributed by atoms with Crippen LogP contribution in [0.2, 0.25) is 0 Å². The smallest absolute Gasteiger partial charge is 0.203 e. The van der Waals surface area contributed by atoms with Crippen LogP contribution in [-0.4, -0.2) is 38.6 Å². The number of methoxy groups -OCH3 is 2. The predicted molar refractivity (Wildman–Crippen MR) is 74.1 cm³/mol. The molecule has 2 N–H and O–H groups in total. The van der Waals surface area contributed by atoms with Crippen molar-refractivity contribution < 1.29 is 19.3 Å². The zero-order valence-corrected chi connectivity index (χ0v) is 12.2. The van der Waals surface area contributed by atoms with Crippen LogP contribution in [0.3, 0.4) is 0 Å². The maximum Gasteiger partial charge on any atom is 0.203 e. The van der Waals surface area contributed by atoms with Gasteiger partial charge in [-0.2, -0.15) is 0 Å². The normalized spacial score (nSPS) is 13.8. The molecule has 0 bridgehead atoms. The van der Waals surface area contributed by atoms with Crippen molar-refractivity contribution >= 4 is 0 Å². The molecular weight excluding hydrogens is 246 g/mol. The van der Waals surface area contributed by atoms with Crippen LogP contribution >= 0.6 is 0 Å². The molecule has 1 rings (SSSR count). The molecular formula is C14H23NO4. The van der Waals surface area contributed by atoms with E-state index < -0.39 is 6.10 Å². The second-order valence-corrected chi connectivity index (χ2v) is 4.42. The third-order valence-corrected chi connectivity index (χ3v) is 2.88. The molecule has 2 unspecified atom stereocenters. The third kappa shape index (κ3) is 4.01. The number of hydrogen-bond donors (Lipinski definition) is 2. The molecule has 0 aliphatic heterocycles. The first-order valence-electron chi connectivity index (χ1n) is 6.27. The molecule has 0 saturated carbocycles. The third-order valence-electron chi connectivity index (χ3n) is 2.88. The van der Waals surface area contributed by atoms with Crippen LogP contribution in [-0.2, 0) is 6.54 Å². The Morgan fingerprint density at radius 1 is 1.16 bits per heavy atom. The van der Waals surface area contributed by atoms with Crippen molar-refractivity contribution in [1.82, 2.24) is 5.32 Å². The Balaban J connectivity index is 3.13. The standard InChI is InChI=1S/C14H23NO4/c1-9(16)10(2)19-14-12(17-4)6-11(8-15-3)7-13(14)18-5/h6-7,9-10,15-16H,8H2,1-5H3. The van der Waals surface area contributed by atoms with Gasteiger partial charge in [-0.1, -0.05) is 0 Å². The first-order chi connectivity index (χ1) is 9.03. The Bertz CT molecular complexity index is 381. The van der Waals surface area contributed by atoms with Crippen LogP contribution in [0, 0.1) is 0 Å². The van der Waals surface area contributed by atoms with Gasteiger partial charge in [-0.3, -0.25) is 0 Å². The molecule has 1 aromatic rings. The lowest BCUT2D eigenvalue weighted by Crippen LogP contribution is -2.26. The van der Waals surface area contributed by atoms with E-state index in [-0.39, 0.29) is 6.10 Å². The number of aliphatic hydroxyl groups is 1. The van der Waals surface area contributed by atoms with Gasteiger partial charge in [-0.25, -0.2) is 0 Å². The Hall–Kier alpha value is -1.46. The van der Waals surface area contributed by atoms with Gasteiger partial charge in [-0.15, -0.1) is 0 Å². The summed E-state index contributed by atoms with van der Waals surface area (Å²) in [7, 11) is 5.04. The highest BCUT2D eigenvalue weighted by atomic mass is 16.5. The average molecular weight is 269 g/mol. The number of benzene rings is 1. The Morgan fingerprint density at radius 2 is 1.68 bits per heavy atom. The molecule has 5 heteroatoms. The van der Waals surface area contributed by atoms with Crippen molar-refractivity contribution in [2.45, 2.75) is 32.6 Å². The van der Waals surface area contributed by atoms with Crippen LogP contribution in [0.4, 0.5) is 0 Å². The summed E-state index contributed by atoms with van der Waals surface area (Å²) in [5, 5.41) is 12.6. The molecule has 19 heavy (non-hydrogen) atoms. The summed E-state index contributed by atoms with van der Waals surface area (Å²) >= 11 is 0. The highest BCUT2D eigenvalue weighted by Gasteiger charge is 2.19. The van der Waals surface area contributed by atoms with E-state index in [9.17, 15) is 5.11 Å². The van der Waals surface area contributed by atoms with E-state index in [2.05, 4.69) is 5.32 Å². The molecule has 1 aromatic carbocycles. The summed E-state index contributed by atoms with van der Waals surface area (Å²) in [6.07, 6.45) is -0.927. The molecule has 0 saturated heterocycles. The molecule has 0 radical (unpaired) electrons. The zero-order chi connectivity index (χ0) is 14.4. The number of nitrogens with one attached hydrogen (secondary N) is 1. The number of aliphatic hydroxyl groups excluding tert-OH is 1. The molecule has 108 valence electrons. The molecule has 0 spiro atoms. The lowest BCUT2D eigenvalue weighted by molar-refractivity contribution is 0.0567. The van der Waals surface area contributed by atoms with Crippen molar-refractivity contribution in [3.8, 4) is 17.2 Å². The van der Waals surface area contributed by atoms with Gasteiger partial charge in [0.05, 0.1) is 20.3 Å². The van der Waals surface area contributed by atoms with Gasteiger partial charge in [-0.05, 0) is 38.6 Å². The number of hydrogen-bond acceptors (Lipinski definition) is 5. The fourth-order valence-electron chi connectivity index (χ4n) is 1.64. The molecule has 0 aliphatic carbocycles. The minimum Gasteiger partial charge on any atom is -0.493 e. The van der Waals surface area contributed by atoms with Crippen LogP contribution in [0.25, 0.3) is 0 Å². The molecule has 0 aromatic heterocycles. The summed E-state index contributed by atoms with van der Waals surface area (Å²) in [5.41, 5.74) is 1.04. The molecule has 5 nitrogen and oxygen atoms in total. The topological polar surface area (TPSA) is 60.0 Å². The van der Waals surface area contributed by atoms with E-state index in [0.717, 1.165) is 5.56 Å². The lowest BCUT2D eigenvalue weighted by Gasteiger charge is -2.21. The summed E-state index contributed by atoms with van der Waals surface area (Å²) in [5.74, 6) is 1.70. The maximum absolute atomic E-state index is 9.53. The van der Waals surface area contributed by atoms with Crippen molar-refractivity contribution in [3.63, 3.8) is 0 Å². The second kappa shape index (κ2) is 7.21. The highest BCUT2D eigenvalue weighted by molar-refractivity contribution is 5.54. The highest BCUT2D eigenvalue weighted by Crippen LogP contribution is 2.39. The van der Waals surface area contributed by atoms with Crippen molar-refractivity contribution in [1.29, 1.82) is 0 Å². The van der Waals surface area contributed by atoms with Gasteiger partial charge in [0.15, 0.2) is 11.5 Å². The van der Waals surface area contributed by atoms with Crippen molar-refractivity contribution in [3.05, 3.63) is 17.7 Å². The van der Waals surface area contributed by atoms with E-state index in [1.807, 2.05) is 19.2 Å². The SMILES string of the molecule is CNCc1cc(OC)c(OC(C)C(C)O)c(OC)c1. The molecule has 2 atom stereocenters. The molecule has 0 amide bonds. The van der Waals surface area contributed by atoms with Crippen LogP contribution in [0.5, 0.6) is 17.2 Å². The maximum atomic E-state index is 9.53. The van der Waals surface area contributed by atoms with Gasteiger partial charge in [0.25, 0.3) is 0 Å². The van der Waals surface area contributed by atoms with E-state index >= 15 is 0 Å². The number of ether oxygens (including phenoxy) is 3. The molecule has 0 heterocycles. The second-order valence-electron chi connectivity index (χ2n) is 4.42. The first kappa shape index (κ1) is 15.6. The fourth-order valence-corrected chi connectivity index (χ4v) is 1.64. The molecule has 0 fully saturated rings. The van der Waals surface area contributed by atoms with Crippen LogP contribution in [0.1, 0.15) is 19.4 Å². The van der Waals surface area contributed by atoms with E-state index in [1.54, 1.807) is 28.1 Å². The molecule has 0 aliphatic rings. The Morgan fingerprint density at radius 3 is 2.05 bits per heavy atom. The van der Waals surface area contributed by atoms with Crippen LogP contribution < -0.4 is 19.5 Å². The minimum atomic E-state index is -0.577. The fraction of sp³-hybridized carbons (Fsp3) is 0.571. The minimum absolute atomic E-state index is 0.349. The van der Waals surface area contributed by atoms with Crippen LogP contribution in [0.15, 0.2) is 12.1 Å². The van der Waals surface area contributed by atoms with Gasteiger partial charge in [0.1, 0.15) is 6.10 Å². The summed E-state index contributed by atoms with van der Waals surface area (Å²) in [6.45, 7) is 4.18. The summed E-state index contributed by atoms with van der Waals surface area (Å²) in [6, 6.07) is 3.78. The summed E-state index contributed by atoms with van der Waals surface area (Å²) in [4.78, 5) is 0. The van der Waals surface area contributed by atoms with Gasteiger partial charge < -0.3 is 24.6 Å². The zero-order valence-electron chi connectivity index (χ0n) is 12.2. The van der Waals surface area contributed by atoms with Crippen molar-refractivity contribution in [2.24, 2.45) is 0 Å². The first-order valence-corrected chi connectivity index (χ1v) is 6.27. The van der Waals surface area contributed by atoms with Gasteiger partial charge in [0.2, 0.25) is 5.75 Å². The van der Waals surface area contributed by atoms with E-state index in [0.29, 0.717) is 23.8 Å². The summed E-state index contributed by atoms with van der Waals surface area (Å²) < 4.78 is 16.4. The quantitative estimate of drug-likeness (QED) is 0.787. The van der Waals surface area contributed by atoms with E-state index in [4.69, 9.17) is 14.2 Å². The monoisotopic (exact) mass is 269 g/mol. The predicted octanol–water partition coefficient (Wildman–Crippen LogP) is 1.57. The van der Waals surface area contributed by atoms with Crippen molar-refractivity contribution in [2.75, 3.05) is 21.3 Å². The number of rotatable bonds is 7. The van der Waals surface area contributed by atoms with Gasteiger partial charge >= 0.3 is 0 Å². The van der Waals surface area contributed by atoms with E-state index in [1.165, 1.54) is 0 Å². The lowest BCUT2D eigenvalue weighted by atomic mass is 10.1. The van der Waals surface area contributed by atoms with Gasteiger partial charge in [0, 0.05) is 6.54 Å². The Kier molecular flexibility index (Phi) is 5.92. The average Bonchev–Trinajstić information content (AvgIpc) is 2.39. The Labute approximate surface area is 114 Å².